The molecule has 1 fully saturated rings. The van der Waals surface area contributed by atoms with Crippen LogP contribution in [-0.2, 0) is 4.74 Å². The highest BCUT2D eigenvalue weighted by Gasteiger charge is 2.22. The molecule has 0 aromatic carbocycles. The summed E-state index contributed by atoms with van der Waals surface area (Å²) in [5.74, 6) is 0.912. The molecule has 3 unspecified atom stereocenters. The lowest BCUT2D eigenvalue weighted by atomic mass is 9.85. The van der Waals surface area contributed by atoms with Crippen molar-refractivity contribution in [3.05, 3.63) is 0 Å². The van der Waals surface area contributed by atoms with Crippen molar-refractivity contribution in [2.24, 2.45) is 5.92 Å². The molecule has 0 aliphatic heterocycles. The third kappa shape index (κ3) is 5.31. The van der Waals surface area contributed by atoms with Crippen LogP contribution in [0, 0.1) is 5.92 Å². The minimum absolute atomic E-state index is 0.368. The van der Waals surface area contributed by atoms with Gasteiger partial charge in [0, 0.05) is 6.54 Å². The van der Waals surface area contributed by atoms with Crippen LogP contribution in [0.15, 0.2) is 0 Å². The number of ether oxygens (including phenoxy) is 1. The molecule has 0 spiro atoms. The van der Waals surface area contributed by atoms with Crippen molar-refractivity contribution in [3.63, 3.8) is 0 Å². The number of hydrogen-bond donors (Lipinski definition) is 1. The molecule has 0 heterocycles. The van der Waals surface area contributed by atoms with E-state index in [-0.39, 0.29) is 0 Å². The Morgan fingerprint density at radius 1 is 1.31 bits per heavy atom. The molecule has 1 rings (SSSR count). The zero-order chi connectivity index (χ0) is 11.8. The highest BCUT2D eigenvalue weighted by molar-refractivity contribution is 4.73. The molecule has 0 saturated heterocycles. The summed E-state index contributed by atoms with van der Waals surface area (Å²) in [5, 5.41) is 3.42. The predicted octanol–water partition coefficient (Wildman–Crippen LogP) is 3.36. The monoisotopic (exact) mass is 227 g/mol. The van der Waals surface area contributed by atoms with Crippen molar-refractivity contribution in [3.8, 4) is 0 Å². The molecule has 0 radical (unpaired) electrons. The van der Waals surface area contributed by atoms with E-state index in [4.69, 9.17) is 4.74 Å². The summed E-state index contributed by atoms with van der Waals surface area (Å²) in [4.78, 5) is 0. The Morgan fingerprint density at radius 2 is 2.12 bits per heavy atom. The fraction of sp³-hybridized carbons (Fsp3) is 1.00. The Kier molecular flexibility index (Phi) is 7.06. The van der Waals surface area contributed by atoms with Gasteiger partial charge in [-0.15, -0.1) is 0 Å². The number of rotatable bonds is 7. The van der Waals surface area contributed by atoms with Crippen LogP contribution in [0.4, 0.5) is 0 Å². The molecule has 1 saturated carbocycles. The Balaban J connectivity index is 2.14. The van der Waals surface area contributed by atoms with Crippen LogP contribution in [-0.4, -0.2) is 25.3 Å². The van der Waals surface area contributed by atoms with Crippen molar-refractivity contribution in [2.75, 3.05) is 13.1 Å². The smallest absolute Gasteiger partial charge is 0.0675 e. The first-order valence-electron chi connectivity index (χ1n) is 7.12. The molecule has 1 aliphatic rings. The quantitative estimate of drug-likeness (QED) is 0.673. The van der Waals surface area contributed by atoms with Gasteiger partial charge in [-0.05, 0) is 38.6 Å². The lowest BCUT2D eigenvalue weighted by Gasteiger charge is -2.30. The second-order valence-electron chi connectivity index (χ2n) is 5.21. The van der Waals surface area contributed by atoms with Gasteiger partial charge < -0.3 is 10.1 Å². The lowest BCUT2D eigenvalue weighted by Crippen LogP contribution is -2.33. The van der Waals surface area contributed by atoms with E-state index >= 15 is 0 Å². The van der Waals surface area contributed by atoms with Gasteiger partial charge in [0.1, 0.15) is 0 Å². The van der Waals surface area contributed by atoms with Crippen LogP contribution in [0.25, 0.3) is 0 Å². The van der Waals surface area contributed by atoms with Gasteiger partial charge in [-0.25, -0.2) is 0 Å². The standard InChI is InChI=1S/C14H29NO/c1-4-9-15-11-12(3)16-14-8-6-7-13(5-2)10-14/h12-15H,4-11H2,1-3H3. The van der Waals surface area contributed by atoms with Crippen LogP contribution < -0.4 is 5.32 Å². The minimum Gasteiger partial charge on any atom is -0.374 e. The molecule has 1 aliphatic carbocycles. The summed E-state index contributed by atoms with van der Waals surface area (Å²) in [6.07, 6.45) is 8.75. The van der Waals surface area contributed by atoms with Crippen molar-refractivity contribution in [2.45, 2.75) is 71.5 Å². The maximum Gasteiger partial charge on any atom is 0.0675 e. The average Bonchev–Trinajstić information content (AvgIpc) is 2.29. The highest BCUT2D eigenvalue weighted by Crippen LogP contribution is 2.28. The second kappa shape index (κ2) is 8.08. The molecular weight excluding hydrogens is 198 g/mol. The molecule has 16 heavy (non-hydrogen) atoms. The van der Waals surface area contributed by atoms with E-state index < -0.39 is 0 Å². The van der Waals surface area contributed by atoms with Gasteiger partial charge in [0.15, 0.2) is 0 Å². The van der Waals surface area contributed by atoms with E-state index in [1.165, 1.54) is 38.5 Å². The number of hydrogen-bond acceptors (Lipinski definition) is 2. The van der Waals surface area contributed by atoms with Crippen LogP contribution in [0.5, 0.6) is 0 Å². The topological polar surface area (TPSA) is 21.3 Å². The molecule has 0 bridgehead atoms. The van der Waals surface area contributed by atoms with Gasteiger partial charge >= 0.3 is 0 Å². The molecule has 96 valence electrons. The van der Waals surface area contributed by atoms with Gasteiger partial charge in [0.25, 0.3) is 0 Å². The van der Waals surface area contributed by atoms with Gasteiger partial charge in [0.05, 0.1) is 12.2 Å². The third-order valence-electron chi connectivity index (χ3n) is 3.60. The van der Waals surface area contributed by atoms with E-state index in [1.807, 2.05) is 0 Å². The average molecular weight is 227 g/mol. The normalized spacial score (nSPS) is 27.9. The van der Waals surface area contributed by atoms with Crippen molar-refractivity contribution in [1.82, 2.24) is 5.32 Å². The molecule has 2 nitrogen and oxygen atoms in total. The maximum atomic E-state index is 6.11. The second-order valence-corrected chi connectivity index (χ2v) is 5.21. The Labute approximate surface area is 101 Å². The molecule has 1 N–H and O–H groups in total. The van der Waals surface area contributed by atoms with Crippen molar-refractivity contribution in [1.29, 1.82) is 0 Å². The molecule has 0 aromatic rings. The molecular formula is C14H29NO. The van der Waals surface area contributed by atoms with Crippen molar-refractivity contribution < 1.29 is 4.74 Å². The molecule has 0 amide bonds. The Morgan fingerprint density at radius 3 is 2.81 bits per heavy atom. The first kappa shape index (κ1) is 14.0. The summed E-state index contributed by atoms with van der Waals surface area (Å²) in [6.45, 7) is 8.81. The Hall–Kier alpha value is -0.0800. The van der Waals surface area contributed by atoms with Crippen LogP contribution in [0.2, 0.25) is 0 Å². The van der Waals surface area contributed by atoms with E-state index in [2.05, 4.69) is 26.1 Å². The van der Waals surface area contributed by atoms with E-state index in [0.717, 1.165) is 19.0 Å². The highest BCUT2D eigenvalue weighted by atomic mass is 16.5. The Bertz CT molecular complexity index is 172. The molecule has 0 aromatic heterocycles. The maximum absolute atomic E-state index is 6.11. The van der Waals surface area contributed by atoms with Crippen molar-refractivity contribution >= 4 is 0 Å². The van der Waals surface area contributed by atoms with Gasteiger partial charge in [-0.1, -0.05) is 33.1 Å². The fourth-order valence-electron chi connectivity index (χ4n) is 2.59. The zero-order valence-electron chi connectivity index (χ0n) is 11.3. The summed E-state index contributed by atoms with van der Waals surface area (Å²) < 4.78 is 6.11. The summed E-state index contributed by atoms with van der Waals surface area (Å²) in [7, 11) is 0. The SMILES string of the molecule is CCCNCC(C)OC1CCCC(CC)C1. The van der Waals surface area contributed by atoms with E-state index in [1.54, 1.807) is 0 Å². The lowest BCUT2D eigenvalue weighted by molar-refractivity contribution is -0.0313. The van der Waals surface area contributed by atoms with Crippen LogP contribution >= 0.6 is 0 Å². The van der Waals surface area contributed by atoms with Crippen LogP contribution in [0.3, 0.4) is 0 Å². The number of nitrogens with one attached hydrogen (secondary N) is 1. The van der Waals surface area contributed by atoms with Gasteiger partial charge in [-0.3, -0.25) is 0 Å². The third-order valence-corrected chi connectivity index (χ3v) is 3.60. The van der Waals surface area contributed by atoms with E-state index in [0.29, 0.717) is 12.2 Å². The largest absolute Gasteiger partial charge is 0.374 e. The van der Waals surface area contributed by atoms with Gasteiger partial charge in [-0.2, -0.15) is 0 Å². The molecule has 2 heteroatoms. The minimum atomic E-state index is 0.368. The van der Waals surface area contributed by atoms with Crippen LogP contribution in [0.1, 0.15) is 59.3 Å². The fourth-order valence-corrected chi connectivity index (χ4v) is 2.59. The zero-order valence-corrected chi connectivity index (χ0v) is 11.3. The predicted molar refractivity (Wildman–Crippen MR) is 69.7 cm³/mol. The molecule has 3 atom stereocenters. The first-order chi connectivity index (χ1) is 7.76. The summed E-state index contributed by atoms with van der Waals surface area (Å²) in [5.41, 5.74) is 0. The summed E-state index contributed by atoms with van der Waals surface area (Å²) in [6, 6.07) is 0. The van der Waals surface area contributed by atoms with E-state index in [9.17, 15) is 0 Å². The van der Waals surface area contributed by atoms with Gasteiger partial charge in [0.2, 0.25) is 0 Å². The first-order valence-corrected chi connectivity index (χ1v) is 7.12. The summed E-state index contributed by atoms with van der Waals surface area (Å²) >= 11 is 0.